The lowest BCUT2D eigenvalue weighted by molar-refractivity contribution is -0.139. The number of aromatic nitrogens is 1. The standard InChI is InChI=1S/C21H25FN4O2S/c22-18-8-4-1-5-15(18)11-17-12-23-21(29-17)24-19(27)13-25-9-10-26(20(28)14-25)16-6-2-3-7-16/h1,4-5,8,12,16H,2-3,6-7,9-11,13-14H2,(H,23,24,27). The summed E-state index contributed by atoms with van der Waals surface area (Å²) in [4.78, 5) is 33.8. The van der Waals surface area contributed by atoms with E-state index in [1.54, 1.807) is 24.4 Å². The number of hydrogen-bond donors (Lipinski definition) is 1. The van der Waals surface area contributed by atoms with E-state index in [2.05, 4.69) is 10.3 Å². The summed E-state index contributed by atoms with van der Waals surface area (Å²) >= 11 is 1.34. The van der Waals surface area contributed by atoms with Crippen molar-refractivity contribution in [3.8, 4) is 0 Å². The maximum atomic E-state index is 13.8. The van der Waals surface area contributed by atoms with Crippen LogP contribution in [0.15, 0.2) is 30.5 Å². The molecule has 4 rings (SSSR count). The van der Waals surface area contributed by atoms with E-state index >= 15 is 0 Å². The monoisotopic (exact) mass is 416 g/mol. The van der Waals surface area contributed by atoms with Gasteiger partial charge in [-0.25, -0.2) is 9.37 Å². The Morgan fingerprint density at radius 1 is 1.24 bits per heavy atom. The number of benzene rings is 1. The van der Waals surface area contributed by atoms with Crippen LogP contribution in [0.2, 0.25) is 0 Å². The summed E-state index contributed by atoms with van der Waals surface area (Å²) in [7, 11) is 0. The molecule has 8 heteroatoms. The molecular formula is C21H25FN4O2S. The number of halogens is 1. The Bertz CT molecular complexity index is 881. The molecule has 0 atom stereocenters. The number of nitrogens with zero attached hydrogens (tertiary/aromatic N) is 3. The van der Waals surface area contributed by atoms with E-state index in [-0.39, 0.29) is 24.2 Å². The third kappa shape index (κ3) is 5.00. The van der Waals surface area contributed by atoms with Crippen LogP contribution in [-0.2, 0) is 16.0 Å². The van der Waals surface area contributed by atoms with Gasteiger partial charge in [-0.3, -0.25) is 14.5 Å². The zero-order valence-electron chi connectivity index (χ0n) is 16.3. The maximum Gasteiger partial charge on any atom is 0.240 e. The molecule has 0 bridgehead atoms. The van der Waals surface area contributed by atoms with Crippen LogP contribution in [0.5, 0.6) is 0 Å². The van der Waals surface area contributed by atoms with Gasteiger partial charge in [0.1, 0.15) is 5.82 Å². The highest BCUT2D eigenvalue weighted by Gasteiger charge is 2.31. The van der Waals surface area contributed by atoms with Gasteiger partial charge in [-0.2, -0.15) is 0 Å². The molecule has 0 unspecified atom stereocenters. The summed E-state index contributed by atoms with van der Waals surface area (Å²) in [6.07, 6.45) is 6.71. The molecule has 1 saturated carbocycles. The first kappa shape index (κ1) is 20.0. The van der Waals surface area contributed by atoms with E-state index in [9.17, 15) is 14.0 Å². The second-order valence-electron chi connectivity index (χ2n) is 7.68. The lowest BCUT2D eigenvalue weighted by Gasteiger charge is -2.37. The fourth-order valence-electron chi connectivity index (χ4n) is 4.11. The van der Waals surface area contributed by atoms with E-state index in [4.69, 9.17) is 0 Å². The summed E-state index contributed by atoms with van der Waals surface area (Å²) in [5.41, 5.74) is 0.604. The van der Waals surface area contributed by atoms with Crippen LogP contribution >= 0.6 is 11.3 Å². The highest BCUT2D eigenvalue weighted by Crippen LogP contribution is 2.25. The zero-order valence-corrected chi connectivity index (χ0v) is 17.1. The molecule has 1 saturated heterocycles. The van der Waals surface area contributed by atoms with Gasteiger partial charge in [-0.1, -0.05) is 31.0 Å². The van der Waals surface area contributed by atoms with Crippen molar-refractivity contribution >= 4 is 28.3 Å². The summed E-state index contributed by atoms with van der Waals surface area (Å²) in [5.74, 6) is -0.302. The van der Waals surface area contributed by atoms with Gasteiger partial charge < -0.3 is 10.2 Å². The molecule has 2 aromatic rings. The van der Waals surface area contributed by atoms with Gasteiger partial charge in [-0.05, 0) is 24.5 Å². The molecule has 154 valence electrons. The lowest BCUT2D eigenvalue weighted by Crippen LogP contribution is -2.54. The van der Waals surface area contributed by atoms with Gasteiger partial charge >= 0.3 is 0 Å². The van der Waals surface area contributed by atoms with Crippen LogP contribution in [0.25, 0.3) is 0 Å². The number of thiazole rings is 1. The number of carbonyl (C=O) groups is 2. The second kappa shape index (κ2) is 9.00. The SMILES string of the molecule is O=C(CN1CCN(C2CCCC2)C(=O)C1)Nc1ncc(Cc2ccccc2F)s1. The Morgan fingerprint density at radius 2 is 2.03 bits per heavy atom. The number of anilines is 1. The Hall–Kier alpha value is -2.32. The molecule has 2 amide bonds. The smallest absolute Gasteiger partial charge is 0.240 e. The molecule has 2 fully saturated rings. The fraction of sp³-hybridized carbons (Fsp3) is 0.476. The molecular weight excluding hydrogens is 391 g/mol. The Balaban J connectivity index is 1.26. The van der Waals surface area contributed by atoms with Gasteiger partial charge in [0, 0.05) is 36.6 Å². The minimum atomic E-state index is -0.243. The van der Waals surface area contributed by atoms with Gasteiger partial charge in [0.2, 0.25) is 11.8 Å². The van der Waals surface area contributed by atoms with Gasteiger partial charge in [0.25, 0.3) is 0 Å². The predicted molar refractivity (Wildman–Crippen MR) is 110 cm³/mol. The van der Waals surface area contributed by atoms with Crippen molar-refractivity contribution in [3.63, 3.8) is 0 Å². The first-order chi connectivity index (χ1) is 14.1. The predicted octanol–water partition coefficient (Wildman–Crippen LogP) is 2.90. The molecule has 2 aliphatic rings. The zero-order chi connectivity index (χ0) is 20.2. The highest BCUT2D eigenvalue weighted by atomic mass is 32.1. The normalized spacial score (nSPS) is 18.4. The average Bonchev–Trinajstić information content (AvgIpc) is 3.36. The molecule has 1 aliphatic heterocycles. The topological polar surface area (TPSA) is 65.5 Å². The lowest BCUT2D eigenvalue weighted by atomic mass is 10.1. The minimum absolute atomic E-state index is 0.123. The van der Waals surface area contributed by atoms with E-state index < -0.39 is 0 Å². The van der Waals surface area contributed by atoms with Crippen LogP contribution in [0.3, 0.4) is 0 Å². The summed E-state index contributed by atoms with van der Waals surface area (Å²) in [5, 5.41) is 3.30. The van der Waals surface area contributed by atoms with Crippen molar-refractivity contribution in [2.24, 2.45) is 0 Å². The summed E-state index contributed by atoms with van der Waals surface area (Å²) in [6, 6.07) is 7.04. The van der Waals surface area contributed by atoms with Crippen LogP contribution in [0.1, 0.15) is 36.1 Å². The molecule has 0 radical (unpaired) electrons. The number of carbonyl (C=O) groups excluding carboxylic acids is 2. The number of rotatable bonds is 6. The molecule has 0 spiro atoms. The van der Waals surface area contributed by atoms with E-state index in [0.717, 1.165) is 17.7 Å². The van der Waals surface area contributed by atoms with Gasteiger partial charge in [-0.15, -0.1) is 11.3 Å². The largest absolute Gasteiger partial charge is 0.337 e. The van der Waals surface area contributed by atoms with Crippen LogP contribution in [0.4, 0.5) is 9.52 Å². The summed E-state index contributed by atoms with van der Waals surface area (Å²) in [6.45, 7) is 1.87. The minimum Gasteiger partial charge on any atom is -0.337 e. The maximum absolute atomic E-state index is 13.8. The van der Waals surface area contributed by atoms with Crippen molar-refractivity contribution in [3.05, 3.63) is 46.7 Å². The van der Waals surface area contributed by atoms with Crippen molar-refractivity contribution in [2.45, 2.75) is 38.1 Å². The Kier molecular flexibility index (Phi) is 6.20. The van der Waals surface area contributed by atoms with E-state index in [0.29, 0.717) is 42.8 Å². The number of amides is 2. The third-order valence-corrected chi connectivity index (χ3v) is 6.50. The molecule has 1 aliphatic carbocycles. The first-order valence-electron chi connectivity index (χ1n) is 10.1. The van der Waals surface area contributed by atoms with Crippen LogP contribution in [-0.4, -0.2) is 58.8 Å². The van der Waals surface area contributed by atoms with Gasteiger partial charge in [0.15, 0.2) is 5.13 Å². The van der Waals surface area contributed by atoms with Crippen molar-refractivity contribution < 1.29 is 14.0 Å². The van der Waals surface area contributed by atoms with E-state index in [1.807, 2.05) is 9.80 Å². The van der Waals surface area contributed by atoms with Crippen molar-refractivity contribution in [1.29, 1.82) is 0 Å². The summed E-state index contributed by atoms with van der Waals surface area (Å²) < 4.78 is 13.8. The quantitative estimate of drug-likeness (QED) is 0.787. The first-order valence-corrected chi connectivity index (χ1v) is 10.9. The molecule has 2 heterocycles. The molecule has 1 N–H and O–H groups in total. The Morgan fingerprint density at radius 3 is 2.79 bits per heavy atom. The number of nitrogens with one attached hydrogen (secondary N) is 1. The molecule has 1 aromatic heterocycles. The number of hydrogen-bond acceptors (Lipinski definition) is 5. The average molecular weight is 417 g/mol. The van der Waals surface area contributed by atoms with Crippen molar-refractivity contribution in [2.75, 3.05) is 31.5 Å². The van der Waals surface area contributed by atoms with E-state index in [1.165, 1.54) is 30.2 Å². The molecule has 29 heavy (non-hydrogen) atoms. The molecule has 6 nitrogen and oxygen atoms in total. The Labute approximate surface area is 173 Å². The van der Waals surface area contributed by atoms with Gasteiger partial charge in [0.05, 0.1) is 13.1 Å². The fourth-order valence-corrected chi connectivity index (χ4v) is 4.96. The second-order valence-corrected chi connectivity index (χ2v) is 8.80. The molecule has 1 aromatic carbocycles. The van der Waals surface area contributed by atoms with Crippen molar-refractivity contribution in [1.82, 2.24) is 14.8 Å². The van der Waals surface area contributed by atoms with Crippen LogP contribution in [0, 0.1) is 5.82 Å². The number of piperazine rings is 1. The third-order valence-electron chi connectivity index (χ3n) is 5.59. The van der Waals surface area contributed by atoms with Crippen LogP contribution < -0.4 is 5.32 Å². The highest BCUT2D eigenvalue weighted by molar-refractivity contribution is 7.15.